The number of methoxy groups -OCH3 is 1. The summed E-state index contributed by atoms with van der Waals surface area (Å²) in [5, 5.41) is 12.9. The molecule has 0 aromatic carbocycles. The van der Waals surface area contributed by atoms with Crippen molar-refractivity contribution in [2.75, 3.05) is 139 Å². The van der Waals surface area contributed by atoms with Gasteiger partial charge in [0.15, 0.2) is 0 Å². The van der Waals surface area contributed by atoms with Crippen LogP contribution in [0, 0.1) is 11.8 Å². The number of carbonyl (C=O) groups is 5. The number of rotatable bonds is 59. The van der Waals surface area contributed by atoms with Crippen LogP contribution >= 0.6 is 0 Å². The van der Waals surface area contributed by atoms with Crippen molar-refractivity contribution in [1.29, 1.82) is 0 Å². The lowest BCUT2D eigenvalue weighted by Gasteiger charge is -2.19. The Morgan fingerprint density at radius 1 is 0.412 bits per heavy atom. The second kappa shape index (κ2) is 60.4. The van der Waals surface area contributed by atoms with Crippen LogP contribution in [0.5, 0.6) is 0 Å². The zero-order valence-corrected chi connectivity index (χ0v) is 50.0. The van der Waals surface area contributed by atoms with Crippen molar-refractivity contribution < 1.29 is 94.4 Å². The molecule has 0 aliphatic carbocycles. The van der Waals surface area contributed by atoms with Gasteiger partial charge < -0.3 is 67.8 Å². The molecule has 0 aliphatic heterocycles. The first-order chi connectivity index (χ1) is 38.8. The molecule has 0 aromatic rings. The van der Waals surface area contributed by atoms with E-state index >= 15 is 0 Å². The summed E-state index contributed by atoms with van der Waals surface area (Å²) >= 11 is 0. The summed E-state index contributed by atoms with van der Waals surface area (Å²) in [5.41, 5.74) is 0. The van der Waals surface area contributed by atoms with Crippen LogP contribution in [0.2, 0.25) is 0 Å². The van der Waals surface area contributed by atoms with Gasteiger partial charge in [-0.3, -0.25) is 19.2 Å². The van der Waals surface area contributed by atoms with Crippen LogP contribution in [0.3, 0.4) is 0 Å². The van der Waals surface area contributed by atoms with Crippen LogP contribution < -0.4 is 10.6 Å². The van der Waals surface area contributed by atoms with Gasteiger partial charge in [0.05, 0.1) is 104 Å². The van der Waals surface area contributed by atoms with Gasteiger partial charge in [-0.15, -0.1) is 0 Å². The maximum absolute atomic E-state index is 12.8. The number of halogens is 3. The summed E-state index contributed by atoms with van der Waals surface area (Å²) in [4.78, 5) is 57.9. The third-order valence-corrected chi connectivity index (χ3v) is 12.4. The van der Waals surface area contributed by atoms with E-state index in [9.17, 15) is 32.3 Å². The highest BCUT2D eigenvalue weighted by Crippen LogP contribution is 2.21. The van der Waals surface area contributed by atoms with Crippen LogP contribution in [0.4, 0.5) is 13.2 Å². The first-order valence-corrected chi connectivity index (χ1v) is 30.1. The number of esters is 4. The molecule has 0 amide bonds. The molecule has 22 heteroatoms. The summed E-state index contributed by atoms with van der Waals surface area (Å²) < 4.78 is 93.2. The van der Waals surface area contributed by atoms with E-state index in [4.69, 9.17) is 62.0 Å². The van der Waals surface area contributed by atoms with E-state index in [1.165, 1.54) is 38.5 Å². The van der Waals surface area contributed by atoms with E-state index in [1.807, 2.05) is 0 Å². The van der Waals surface area contributed by atoms with Crippen molar-refractivity contribution in [3.05, 3.63) is 0 Å². The third-order valence-electron chi connectivity index (χ3n) is 12.4. The highest BCUT2D eigenvalue weighted by atomic mass is 19.4. The van der Waals surface area contributed by atoms with Gasteiger partial charge in [-0.05, 0) is 64.2 Å². The van der Waals surface area contributed by atoms with Crippen molar-refractivity contribution in [3.63, 3.8) is 0 Å². The summed E-state index contributed by atoms with van der Waals surface area (Å²) in [6.45, 7) is 16.2. The van der Waals surface area contributed by atoms with Gasteiger partial charge in [0.25, 0.3) is 0 Å². The molecule has 0 saturated carbocycles. The van der Waals surface area contributed by atoms with E-state index in [0.717, 1.165) is 116 Å². The minimum Gasteiger partial charge on any atom is -0.475 e. The van der Waals surface area contributed by atoms with Gasteiger partial charge in [0.2, 0.25) is 0 Å². The zero-order chi connectivity index (χ0) is 59.4. The predicted octanol–water partition coefficient (Wildman–Crippen LogP) is 9.76. The minimum atomic E-state index is -5.08. The molecule has 19 nitrogen and oxygen atoms in total. The summed E-state index contributed by atoms with van der Waals surface area (Å²) in [7, 11) is 1.59. The lowest BCUT2D eigenvalue weighted by Crippen LogP contribution is -2.31. The Bertz CT molecular complexity index is 1420. The van der Waals surface area contributed by atoms with Crippen molar-refractivity contribution >= 4 is 29.8 Å². The Balaban J connectivity index is 0. The number of unbranched alkanes of at least 4 members (excludes halogenated alkanes) is 14. The molecule has 0 aromatic heterocycles. The second-order valence-electron chi connectivity index (χ2n) is 19.6. The fourth-order valence-electron chi connectivity index (χ4n) is 7.69. The predicted molar refractivity (Wildman–Crippen MR) is 299 cm³/mol. The van der Waals surface area contributed by atoms with E-state index in [2.05, 4.69) is 38.3 Å². The molecular formula is C58H109F3N2O17. The fraction of sp³-hybridized carbons (Fsp3) is 0.914. The first-order valence-electron chi connectivity index (χ1n) is 30.1. The molecule has 0 spiro atoms. The molecular weight excluding hydrogens is 1050 g/mol. The average molecular weight is 1160 g/mol. The quantitative estimate of drug-likeness (QED) is 0.0292. The van der Waals surface area contributed by atoms with Crippen LogP contribution in [0.25, 0.3) is 0 Å². The van der Waals surface area contributed by atoms with Gasteiger partial charge in [-0.1, -0.05) is 118 Å². The van der Waals surface area contributed by atoms with Crippen molar-refractivity contribution in [2.24, 2.45) is 11.8 Å². The molecule has 0 heterocycles. The van der Waals surface area contributed by atoms with Gasteiger partial charge in [-0.25, -0.2) is 4.79 Å². The zero-order valence-electron chi connectivity index (χ0n) is 50.0. The van der Waals surface area contributed by atoms with Gasteiger partial charge in [0, 0.05) is 33.4 Å². The average Bonchev–Trinajstić information content (AvgIpc) is 3.43. The molecule has 0 rings (SSSR count). The Morgan fingerprint density at radius 2 is 0.775 bits per heavy atom. The summed E-state index contributed by atoms with van der Waals surface area (Å²) in [6.07, 6.45) is 19.7. The Kier molecular flexibility index (Phi) is 59.5. The number of aliphatic carboxylic acids is 1. The number of carboxylic acid groups (broad SMARTS) is 1. The number of hydrogen-bond donors (Lipinski definition) is 3. The Labute approximate surface area is 478 Å². The number of carbonyl (C=O) groups excluding carboxylic acids is 4. The number of hydrogen-bond acceptors (Lipinski definition) is 18. The molecule has 0 aliphatic rings. The summed E-state index contributed by atoms with van der Waals surface area (Å²) in [5.74, 6) is -3.50. The van der Waals surface area contributed by atoms with Crippen molar-refractivity contribution in [2.45, 2.75) is 194 Å². The maximum Gasteiger partial charge on any atom is 0.490 e. The van der Waals surface area contributed by atoms with Gasteiger partial charge >= 0.3 is 36.0 Å². The second-order valence-corrected chi connectivity index (χ2v) is 19.6. The van der Waals surface area contributed by atoms with E-state index in [1.54, 1.807) is 7.11 Å². The lowest BCUT2D eigenvalue weighted by atomic mass is 9.95. The largest absolute Gasteiger partial charge is 0.490 e. The van der Waals surface area contributed by atoms with Crippen LogP contribution in [-0.2, 0) is 76.1 Å². The lowest BCUT2D eigenvalue weighted by molar-refractivity contribution is -0.192. The highest BCUT2D eigenvalue weighted by Gasteiger charge is 2.38. The molecule has 0 saturated heterocycles. The van der Waals surface area contributed by atoms with Crippen LogP contribution in [-0.4, -0.2) is 186 Å². The number of carboxylic acids is 1. The topological polar surface area (TPSA) is 231 Å². The molecule has 80 heavy (non-hydrogen) atoms. The monoisotopic (exact) mass is 1160 g/mol. The van der Waals surface area contributed by atoms with Gasteiger partial charge in [0.1, 0.15) is 19.3 Å². The van der Waals surface area contributed by atoms with Crippen LogP contribution in [0.1, 0.15) is 182 Å². The molecule has 3 atom stereocenters. The van der Waals surface area contributed by atoms with Crippen molar-refractivity contribution in [1.82, 2.24) is 10.6 Å². The number of ether oxygens (including phenoxy) is 11. The van der Waals surface area contributed by atoms with E-state index in [0.29, 0.717) is 99.0 Å². The number of nitrogens with one attached hydrogen (secondary N) is 2. The van der Waals surface area contributed by atoms with E-state index in [-0.39, 0.29) is 68.8 Å². The molecule has 3 N–H and O–H groups in total. The highest BCUT2D eigenvalue weighted by molar-refractivity contribution is 5.73. The first kappa shape index (κ1) is 78.8. The standard InChI is InChI=1S/C56H108N2O15.C2HF3O2/c1-6-10-14-20-28-50(26-12-8-3)55(61)72-34-24-17-16-22-32-67-48-52(69-33-23-18-19-25-35-73-56(62)51(27-13-9-4)29-21-15-11-7-2)49-68-43-42-65-39-38-64-40-41-66-44-45-71-54(60)47-58-31-37-70-53(59)46-57-30-36-63-5;3-2(4,5)1(6)7/h50-52,57-58H,6-49H2,1-5H3;(H,6,7). The molecule has 3 unspecified atom stereocenters. The SMILES string of the molecule is CCCCCCC(CCCC)C(=O)OCCCCCCOCC(COCCOCCOCCOCCOC(=O)CNCCOC(=O)CNCCOC)OCCCCCCOC(=O)C(CCCC)CCCCCC.O=C(O)C(F)(F)F. The van der Waals surface area contributed by atoms with Crippen LogP contribution in [0.15, 0.2) is 0 Å². The van der Waals surface area contributed by atoms with Crippen molar-refractivity contribution in [3.8, 4) is 0 Å². The third kappa shape index (κ3) is 56.6. The smallest absolute Gasteiger partial charge is 0.475 e. The molecule has 0 radical (unpaired) electrons. The van der Waals surface area contributed by atoms with E-state index < -0.39 is 18.1 Å². The Hall–Kier alpha value is -3.22. The Morgan fingerprint density at radius 3 is 1.21 bits per heavy atom. The summed E-state index contributed by atoms with van der Waals surface area (Å²) in [6, 6.07) is 0. The minimum absolute atomic E-state index is 0.00569. The normalized spacial score (nSPS) is 12.6. The molecule has 0 bridgehead atoms. The molecule has 474 valence electrons. The molecule has 0 fully saturated rings. The fourth-order valence-corrected chi connectivity index (χ4v) is 7.69. The number of alkyl halides is 3. The maximum atomic E-state index is 12.8. The van der Waals surface area contributed by atoms with Gasteiger partial charge in [-0.2, -0.15) is 13.2 Å².